The molecule has 24 heavy (non-hydrogen) atoms. The first-order valence-corrected chi connectivity index (χ1v) is 8.17. The van der Waals surface area contributed by atoms with Crippen LogP contribution in [0.1, 0.15) is 31.4 Å². The van der Waals surface area contributed by atoms with Crippen molar-refractivity contribution in [2.75, 3.05) is 11.4 Å². The van der Waals surface area contributed by atoms with Crippen LogP contribution in [0.2, 0.25) is 0 Å². The van der Waals surface area contributed by atoms with Crippen LogP contribution < -0.4 is 10.6 Å². The highest BCUT2D eigenvalue weighted by Gasteiger charge is 2.52. The lowest BCUT2D eigenvalue weighted by molar-refractivity contribution is -0.130. The van der Waals surface area contributed by atoms with Crippen molar-refractivity contribution in [3.8, 4) is 0 Å². The second kappa shape index (κ2) is 6.13. The Balaban J connectivity index is 2.25. The van der Waals surface area contributed by atoms with E-state index < -0.39 is 5.60 Å². The summed E-state index contributed by atoms with van der Waals surface area (Å²) in [4.78, 5) is 14.8. The van der Waals surface area contributed by atoms with Gasteiger partial charge in [0.1, 0.15) is 0 Å². The number of carbonyl (C=O) groups is 1. The summed E-state index contributed by atoms with van der Waals surface area (Å²) in [6.07, 6.45) is 0.808. The minimum Gasteiger partial charge on any atom is -0.402 e. The van der Waals surface area contributed by atoms with Crippen molar-refractivity contribution in [1.29, 1.82) is 0 Å². The van der Waals surface area contributed by atoms with Crippen molar-refractivity contribution in [2.24, 2.45) is 5.73 Å². The largest absolute Gasteiger partial charge is 0.402 e. The van der Waals surface area contributed by atoms with E-state index in [0.717, 1.165) is 17.7 Å². The van der Waals surface area contributed by atoms with Crippen molar-refractivity contribution in [1.82, 2.24) is 0 Å². The lowest BCUT2D eigenvalue weighted by Gasteiger charge is -2.27. The number of rotatable bonds is 4. The summed E-state index contributed by atoms with van der Waals surface area (Å²) in [6.45, 7) is 4.29. The van der Waals surface area contributed by atoms with E-state index in [-0.39, 0.29) is 5.91 Å². The third-order valence-electron chi connectivity index (χ3n) is 4.41. The lowest BCUT2D eigenvalue weighted by atomic mass is 9.82. The summed E-state index contributed by atoms with van der Waals surface area (Å²) in [7, 11) is 0. The number of allylic oxidation sites excluding steroid dienone is 1. The number of amides is 1. The Morgan fingerprint density at radius 1 is 1.12 bits per heavy atom. The number of hydrogen-bond acceptors (Lipinski definition) is 3. The van der Waals surface area contributed by atoms with Gasteiger partial charge in [0.05, 0.1) is 5.69 Å². The number of benzene rings is 2. The van der Waals surface area contributed by atoms with Gasteiger partial charge < -0.3 is 15.7 Å². The normalized spacial score (nSPS) is 20.8. The topological polar surface area (TPSA) is 66.6 Å². The van der Waals surface area contributed by atoms with E-state index in [0.29, 0.717) is 23.4 Å². The maximum Gasteiger partial charge on any atom is 0.268 e. The minimum absolute atomic E-state index is 0.339. The standard InChI is InChI=1S/C20H22N2O2/c1-3-13-22-17-12-8-7-11-16(17)20(24,19(22)23)18(14(2)21)15-9-5-4-6-10-15/h4-12,24H,3,13,21H2,1-2H3/b18-14+. The molecule has 0 fully saturated rings. The zero-order valence-electron chi connectivity index (χ0n) is 14.0. The molecule has 3 N–H and O–H groups in total. The minimum atomic E-state index is -1.76. The van der Waals surface area contributed by atoms with Crippen LogP contribution in [0.15, 0.2) is 60.3 Å². The molecule has 0 saturated carbocycles. The van der Waals surface area contributed by atoms with Crippen LogP contribution in [0.25, 0.3) is 5.57 Å². The molecule has 0 spiro atoms. The smallest absolute Gasteiger partial charge is 0.268 e. The molecule has 0 bridgehead atoms. The van der Waals surface area contributed by atoms with Gasteiger partial charge in [-0.25, -0.2) is 0 Å². The number of aliphatic hydroxyl groups is 1. The van der Waals surface area contributed by atoms with E-state index in [4.69, 9.17) is 5.73 Å². The third kappa shape index (κ3) is 2.31. The molecule has 4 heteroatoms. The molecule has 0 saturated heterocycles. The summed E-state index contributed by atoms with van der Waals surface area (Å²) in [6, 6.07) is 16.7. The number of anilines is 1. The van der Waals surface area contributed by atoms with E-state index >= 15 is 0 Å². The molecule has 0 aliphatic carbocycles. The molecule has 3 rings (SSSR count). The zero-order valence-corrected chi connectivity index (χ0v) is 14.0. The number of para-hydroxylation sites is 1. The highest BCUT2D eigenvalue weighted by Crippen LogP contribution is 2.48. The van der Waals surface area contributed by atoms with E-state index in [2.05, 4.69) is 0 Å². The Labute approximate surface area is 142 Å². The molecule has 1 atom stereocenters. The summed E-state index contributed by atoms with van der Waals surface area (Å²) in [5.74, 6) is -0.339. The van der Waals surface area contributed by atoms with Crippen LogP contribution in [0.3, 0.4) is 0 Å². The molecule has 1 aliphatic heterocycles. The first-order valence-electron chi connectivity index (χ1n) is 8.17. The predicted molar refractivity (Wildman–Crippen MR) is 96.2 cm³/mol. The van der Waals surface area contributed by atoms with Crippen molar-refractivity contribution < 1.29 is 9.90 Å². The highest BCUT2D eigenvalue weighted by molar-refractivity contribution is 6.14. The SMILES string of the molecule is CCCN1C(=O)C(O)(/C(=C(\C)N)c2ccccc2)c2ccccc21. The molecule has 1 amide bonds. The fraction of sp³-hybridized carbons (Fsp3) is 0.250. The highest BCUT2D eigenvalue weighted by atomic mass is 16.3. The number of nitrogens with two attached hydrogens (primary N) is 1. The van der Waals surface area contributed by atoms with E-state index in [9.17, 15) is 9.90 Å². The molecule has 1 heterocycles. The van der Waals surface area contributed by atoms with Crippen LogP contribution in [0, 0.1) is 0 Å². The van der Waals surface area contributed by atoms with Gasteiger partial charge in [0, 0.05) is 23.4 Å². The maximum atomic E-state index is 13.2. The molecule has 2 aromatic carbocycles. The fourth-order valence-corrected chi connectivity index (χ4v) is 3.45. The molecule has 4 nitrogen and oxygen atoms in total. The van der Waals surface area contributed by atoms with E-state index in [1.54, 1.807) is 17.9 Å². The summed E-state index contributed by atoms with van der Waals surface area (Å²) in [5.41, 5.74) is 7.35. The summed E-state index contributed by atoms with van der Waals surface area (Å²) >= 11 is 0. The molecule has 2 aromatic rings. The van der Waals surface area contributed by atoms with Crippen molar-refractivity contribution >= 4 is 17.2 Å². The van der Waals surface area contributed by atoms with Crippen molar-refractivity contribution in [3.05, 3.63) is 71.4 Å². The number of hydrogen-bond donors (Lipinski definition) is 2. The first kappa shape index (κ1) is 16.3. The maximum absolute atomic E-state index is 13.2. The van der Waals surface area contributed by atoms with Crippen molar-refractivity contribution in [2.45, 2.75) is 25.9 Å². The van der Waals surface area contributed by atoms with Crippen LogP contribution in [0.5, 0.6) is 0 Å². The Hall–Kier alpha value is -2.59. The number of fused-ring (bicyclic) bond motifs is 1. The van der Waals surface area contributed by atoms with Crippen LogP contribution in [0.4, 0.5) is 5.69 Å². The van der Waals surface area contributed by atoms with Gasteiger partial charge in [-0.3, -0.25) is 4.79 Å². The number of carbonyl (C=O) groups excluding carboxylic acids is 1. The Morgan fingerprint density at radius 3 is 2.38 bits per heavy atom. The van der Waals surface area contributed by atoms with Gasteiger partial charge in [-0.2, -0.15) is 0 Å². The van der Waals surface area contributed by atoms with Gasteiger partial charge in [0.2, 0.25) is 0 Å². The Morgan fingerprint density at radius 2 is 1.75 bits per heavy atom. The summed E-state index contributed by atoms with van der Waals surface area (Å²) < 4.78 is 0. The Kier molecular flexibility index (Phi) is 4.16. The Bertz CT molecular complexity index is 794. The predicted octanol–water partition coefficient (Wildman–Crippen LogP) is 3.02. The quantitative estimate of drug-likeness (QED) is 0.909. The number of nitrogens with zero attached hydrogens (tertiary/aromatic N) is 1. The van der Waals surface area contributed by atoms with Gasteiger partial charge in [0.25, 0.3) is 5.91 Å². The van der Waals surface area contributed by atoms with Gasteiger partial charge >= 0.3 is 0 Å². The average Bonchev–Trinajstić information content (AvgIpc) is 2.79. The monoisotopic (exact) mass is 322 g/mol. The first-order chi connectivity index (χ1) is 11.5. The molecule has 0 radical (unpaired) electrons. The fourth-order valence-electron chi connectivity index (χ4n) is 3.45. The van der Waals surface area contributed by atoms with Crippen LogP contribution >= 0.6 is 0 Å². The van der Waals surface area contributed by atoms with Crippen LogP contribution in [-0.2, 0) is 10.4 Å². The molecule has 124 valence electrons. The van der Waals surface area contributed by atoms with Crippen LogP contribution in [-0.4, -0.2) is 17.6 Å². The zero-order chi connectivity index (χ0) is 17.3. The molecular formula is C20H22N2O2. The molecule has 1 aliphatic rings. The second-order valence-electron chi connectivity index (χ2n) is 6.11. The van der Waals surface area contributed by atoms with Gasteiger partial charge in [0.15, 0.2) is 5.60 Å². The van der Waals surface area contributed by atoms with Crippen molar-refractivity contribution in [3.63, 3.8) is 0 Å². The third-order valence-corrected chi connectivity index (χ3v) is 4.41. The molecule has 0 aromatic heterocycles. The van der Waals surface area contributed by atoms with Gasteiger partial charge in [-0.15, -0.1) is 0 Å². The van der Waals surface area contributed by atoms with Gasteiger partial charge in [-0.05, 0) is 25.0 Å². The molecule has 1 unspecified atom stereocenters. The van der Waals surface area contributed by atoms with E-state index in [1.807, 2.05) is 55.5 Å². The lowest BCUT2D eigenvalue weighted by Crippen LogP contribution is -2.42. The average molecular weight is 322 g/mol. The molecular weight excluding hydrogens is 300 g/mol. The van der Waals surface area contributed by atoms with E-state index in [1.165, 1.54) is 0 Å². The van der Waals surface area contributed by atoms with Gasteiger partial charge in [-0.1, -0.05) is 55.5 Å². The summed E-state index contributed by atoms with van der Waals surface area (Å²) in [5, 5.41) is 11.6. The second-order valence-corrected chi connectivity index (χ2v) is 6.11.